The van der Waals surface area contributed by atoms with Crippen LogP contribution in [0.25, 0.3) is 11.3 Å². The van der Waals surface area contributed by atoms with Crippen molar-refractivity contribution in [2.24, 2.45) is 0 Å². The summed E-state index contributed by atoms with van der Waals surface area (Å²) in [7, 11) is 0. The maximum atomic E-state index is 13.0. The summed E-state index contributed by atoms with van der Waals surface area (Å²) in [6, 6.07) is 14.7. The number of nitrogens with one attached hydrogen (secondary N) is 1. The second-order valence-corrected chi connectivity index (χ2v) is 6.66. The van der Waals surface area contributed by atoms with Gasteiger partial charge >= 0.3 is 0 Å². The number of carbonyl (C=O) groups excluding carboxylic acids is 1. The Morgan fingerprint density at radius 3 is 2.52 bits per heavy atom. The standard InChI is InChI=1S/C21H20ClN3O2/c1-4-25-21(27)20(23-17-12-16(22)11-10-13(17)2)18(14(3)26)19(24-25)15-8-6-5-7-9-15/h5-12,23H,4H2,1-3H3. The van der Waals surface area contributed by atoms with E-state index < -0.39 is 0 Å². The van der Waals surface area contributed by atoms with Gasteiger partial charge in [-0.3, -0.25) is 9.59 Å². The lowest BCUT2D eigenvalue weighted by atomic mass is 10.0. The highest BCUT2D eigenvalue weighted by Crippen LogP contribution is 2.29. The van der Waals surface area contributed by atoms with Gasteiger partial charge in [0.1, 0.15) is 11.4 Å². The molecule has 5 nitrogen and oxygen atoms in total. The zero-order valence-corrected chi connectivity index (χ0v) is 16.2. The Balaban J connectivity index is 2.30. The van der Waals surface area contributed by atoms with Crippen LogP contribution in [0.3, 0.4) is 0 Å². The van der Waals surface area contributed by atoms with Crippen molar-refractivity contribution in [1.82, 2.24) is 9.78 Å². The predicted molar refractivity (Wildman–Crippen MR) is 109 cm³/mol. The zero-order chi connectivity index (χ0) is 19.6. The summed E-state index contributed by atoms with van der Waals surface area (Å²) in [5, 5.41) is 8.12. The Morgan fingerprint density at radius 1 is 1.19 bits per heavy atom. The molecular weight excluding hydrogens is 362 g/mol. The number of hydrogen-bond acceptors (Lipinski definition) is 4. The maximum absolute atomic E-state index is 13.0. The molecule has 0 saturated carbocycles. The van der Waals surface area contributed by atoms with Crippen molar-refractivity contribution >= 4 is 28.8 Å². The van der Waals surface area contributed by atoms with E-state index in [-0.39, 0.29) is 22.6 Å². The quantitative estimate of drug-likeness (QED) is 0.642. The number of Topliss-reactive ketones (excluding diaryl/α,β-unsaturated/α-hetero) is 1. The van der Waals surface area contributed by atoms with Gasteiger partial charge in [-0.25, -0.2) is 4.68 Å². The van der Waals surface area contributed by atoms with Gasteiger partial charge < -0.3 is 5.32 Å². The van der Waals surface area contributed by atoms with Gasteiger partial charge in [-0.15, -0.1) is 0 Å². The van der Waals surface area contributed by atoms with Gasteiger partial charge in [0.2, 0.25) is 0 Å². The Bertz CT molecular complexity index is 1060. The van der Waals surface area contributed by atoms with Gasteiger partial charge in [-0.05, 0) is 38.5 Å². The highest BCUT2D eigenvalue weighted by atomic mass is 35.5. The molecule has 0 spiro atoms. The normalized spacial score (nSPS) is 10.7. The van der Waals surface area contributed by atoms with Crippen LogP contribution in [0.2, 0.25) is 5.02 Å². The van der Waals surface area contributed by atoms with Crippen LogP contribution in [0.4, 0.5) is 11.4 Å². The Kier molecular flexibility index (Phi) is 5.42. The average Bonchev–Trinajstić information content (AvgIpc) is 2.66. The number of carbonyl (C=O) groups is 1. The Labute approximate surface area is 162 Å². The van der Waals surface area contributed by atoms with Crippen molar-refractivity contribution in [1.29, 1.82) is 0 Å². The summed E-state index contributed by atoms with van der Waals surface area (Å²) in [4.78, 5) is 25.5. The van der Waals surface area contributed by atoms with Gasteiger partial charge in [-0.2, -0.15) is 5.10 Å². The Hall–Kier alpha value is -2.92. The van der Waals surface area contributed by atoms with Crippen LogP contribution >= 0.6 is 11.6 Å². The van der Waals surface area contributed by atoms with Crippen molar-refractivity contribution in [3.05, 3.63) is 75.0 Å². The highest BCUT2D eigenvalue weighted by molar-refractivity contribution is 6.30. The molecule has 27 heavy (non-hydrogen) atoms. The molecular formula is C21H20ClN3O2. The van der Waals surface area contributed by atoms with Crippen molar-refractivity contribution in [2.75, 3.05) is 5.32 Å². The molecule has 2 aromatic carbocycles. The van der Waals surface area contributed by atoms with E-state index in [1.807, 2.05) is 50.2 Å². The SMILES string of the molecule is CCn1nc(-c2ccccc2)c(C(C)=O)c(Nc2cc(Cl)ccc2C)c1=O. The minimum absolute atomic E-state index is 0.212. The molecule has 0 fully saturated rings. The minimum Gasteiger partial charge on any atom is -0.350 e. The lowest BCUT2D eigenvalue weighted by Crippen LogP contribution is -2.28. The molecule has 0 aliphatic rings. The molecule has 6 heteroatoms. The van der Waals surface area contributed by atoms with Gasteiger partial charge in [0, 0.05) is 22.8 Å². The van der Waals surface area contributed by atoms with Crippen LogP contribution < -0.4 is 10.9 Å². The minimum atomic E-state index is -0.346. The van der Waals surface area contributed by atoms with Crippen LogP contribution in [0.5, 0.6) is 0 Å². The first-order chi connectivity index (χ1) is 12.9. The van der Waals surface area contributed by atoms with Crippen LogP contribution in [-0.4, -0.2) is 15.6 Å². The maximum Gasteiger partial charge on any atom is 0.291 e. The average molecular weight is 382 g/mol. The molecule has 0 radical (unpaired) electrons. The fourth-order valence-electron chi connectivity index (χ4n) is 2.91. The van der Waals surface area contributed by atoms with Crippen LogP contribution in [0.1, 0.15) is 29.8 Å². The van der Waals surface area contributed by atoms with E-state index in [4.69, 9.17) is 11.6 Å². The summed E-state index contributed by atoms with van der Waals surface area (Å²) in [5.74, 6) is -0.233. The third-order valence-corrected chi connectivity index (χ3v) is 4.55. The first-order valence-electron chi connectivity index (χ1n) is 8.67. The van der Waals surface area contributed by atoms with Gasteiger partial charge in [-0.1, -0.05) is 48.0 Å². The number of aromatic nitrogens is 2. The summed E-state index contributed by atoms with van der Waals surface area (Å²) in [6.45, 7) is 5.57. The molecule has 0 unspecified atom stereocenters. The zero-order valence-electron chi connectivity index (χ0n) is 15.4. The lowest BCUT2D eigenvalue weighted by Gasteiger charge is -2.17. The summed E-state index contributed by atoms with van der Waals surface area (Å²) < 4.78 is 1.36. The molecule has 1 heterocycles. The molecule has 0 amide bonds. The fraction of sp³-hybridized carbons (Fsp3) is 0.190. The van der Waals surface area contributed by atoms with Crippen molar-refractivity contribution < 1.29 is 4.79 Å². The molecule has 3 rings (SSSR count). The summed E-state index contributed by atoms with van der Waals surface area (Å²) >= 11 is 6.11. The van der Waals surface area contributed by atoms with Gasteiger partial charge in [0.25, 0.3) is 5.56 Å². The van der Waals surface area contributed by atoms with Crippen molar-refractivity contribution in [3.63, 3.8) is 0 Å². The number of anilines is 2. The van der Waals surface area contributed by atoms with E-state index in [2.05, 4.69) is 10.4 Å². The lowest BCUT2D eigenvalue weighted by molar-refractivity contribution is 0.101. The van der Waals surface area contributed by atoms with E-state index in [0.29, 0.717) is 22.9 Å². The molecule has 0 saturated heterocycles. The van der Waals surface area contributed by atoms with Gasteiger partial charge in [0.15, 0.2) is 5.78 Å². The Morgan fingerprint density at radius 2 is 1.89 bits per heavy atom. The van der Waals surface area contributed by atoms with Crippen molar-refractivity contribution in [2.45, 2.75) is 27.3 Å². The smallest absolute Gasteiger partial charge is 0.291 e. The predicted octanol–water partition coefficient (Wildman–Crippen LogP) is 4.84. The molecule has 0 aliphatic carbocycles. The summed E-state index contributed by atoms with van der Waals surface area (Å²) in [6.07, 6.45) is 0. The number of ketones is 1. The molecule has 3 aromatic rings. The molecule has 1 aromatic heterocycles. The van der Waals surface area contributed by atoms with Crippen LogP contribution in [0.15, 0.2) is 53.3 Å². The monoisotopic (exact) mass is 381 g/mol. The van der Waals surface area contributed by atoms with Crippen LogP contribution in [0, 0.1) is 6.92 Å². The van der Waals surface area contributed by atoms with E-state index in [1.165, 1.54) is 11.6 Å². The van der Waals surface area contributed by atoms with E-state index >= 15 is 0 Å². The first kappa shape index (κ1) is 18.9. The number of nitrogens with zero attached hydrogens (tertiary/aromatic N) is 2. The molecule has 0 bridgehead atoms. The second-order valence-electron chi connectivity index (χ2n) is 6.23. The third kappa shape index (κ3) is 3.78. The number of aryl methyl sites for hydroxylation is 2. The first-order valence-corrected chi connectivity index (χ1v) is 9.04. The van der Waals surface area contributed by atoms with E-state index in [9.17, 15) is 9.59 Å². The van der Waals surface area contributed by atoms with E-state index in [1.54, 1.807) is 12.1 Å². The van der Waals surface area contributed by atoms with Crippen LogP contribution in [-0.2, 0) is 6.54 Å². The molecule has 0 atom stereocenters. The number of hydrogen-bond donors (Lipinski definition) is 1. The number of rotatable bonds is 5. The second kappa shape index (κ2) is 7.76. The van der Waals surface area contributed by atoms with E-state index in [0.717, 1.165) is 11.1 Å². The highest BCUT2D eigenvalue weighted by Gasteiger charge is 2.22. The topological polar surface area (TPSA) is 64.0 Å². The molecule has 0 aliphatic heterocycles. The van der Waals surface area contributed by atoms with Crippen molar-refractivity contribution in [3.8, 4) is 11.3 Å². The fourth-order valence-corrected chi connectivity index (χ4v) is 3.08. The van der Waals surface area contributed by atoms with Gasteiger partial charge in [0.05, 0.1) is 5.56 Å². The summed E-state index contributed by atoms with van der Waals surface area (Å²) in [5.41, 5.74) is 2.98. The number of benzene rings is 2. The number of halogens is 1. The molecule has 138 valence electrons. The largest absolute Gasteiger partial charge is 0.350 e. The third-order valence-electron chi connectivity index (χ3n) is 4.31. The molecule has 1 N–H and O–H groups in total.